The lowest BCUT2D eigenvalue weighted by molar-refractivity contribution is 0.0670. The lowest BCUT2D eigenvalue weighted by Crippen LogP contribution is -2.29. The van der Waals surface area contributed by atoms with E-state index in [0.717, 1.165) is 30.0 Å². The molecule has 16 heavy (non-hydrogen) atoms. The van der Waals surface area contributed by atoms with Crippen molar-refractivity contribution in [3.63, 3.8) is 0 Å². The summed E-state index contributed by atoms with van der Waals surface area (Å²) in [5.74, 6) is -0.982. The predicted molar refractivity (Wildman–Crippen MR) is 59.6 cm³/mol. The fraction of sp³-hybridized carbons (Fsp3) is 0.600. The molecule has 2 rings (SSSR count). The van der Waals surface area contributed by atoms with Gasteiger partial charge in [0.15, 0.2) is 0 Å². The van der Waals surface area contributed by atoms with Crippen LogP contribution in [0.1, 0.15) is 28.8 Å². The first-order valence-corrected chi connectivity index (χ1v) is 5.97. The SMILES string of the molecule is CC1(O)CCN(Cc2csc(C(=O)O)n2)C1. The first kappa shape index (κ1) is 11.5. The van der Waals surface area contributed by atoms with Crippen molar-refractivity contribution in [2.75, 3.05) is 13.1 Å². The Kier molecular flexibility index (Phi) is 2.96. The van der Waals surface area contributed by atoms with Crippen LogP contribution in [-0.2, 0) is 6.54 Å². The molecule has 0 amide bonds. The highest BCUT2D eigenvalue weighted by Crippen LogP contribution is 2.22. The monoisotopic (exact) mass is 242 g/mol. The first-order valence-electron chi connectivity index (χ1n) is 5.09. The predicted octanol–water partition coefficient (Wildman–Crippen LogP) is 0.798. The summed E-state index contributed by atoms with van der Waals surface area (Å²) in [6, 6.07) is 0. The summed E-state index contributed by atoms with van der Waals surface area (Å²) in [6.07, 6.45) is 0.753. The number of rotatable bonds is 3. The molecule has 0 bridgehead atoms. The number of likely N-dealkylation sites (tertiary alicyclic amines) is 1. The summed E-state index contributed by atoms with van der Waals surface area (Å²) >= 11 is 1.14. The van der Waals surface area contributed by atoms with Crippen molar-refractivity contribution in [3.05, 3.63) is 16.1 Å². The number of thiazole rings is 1. The van der Waals surface area contributed by atoms with Crippen molar-refractivity contribution in [3.8, 4) is 0 Å². The molecule has 0 aromatic carbocycles. The molecule has 2 heterocycles. The number of aromatic carboxylic acids is 1. The lowest BCUT2D eigenvalue weighted by atomic mass is 10.1. The van der Waals surface area contributed by atoms with Crippen molar-refractivity contribution >= 4 is 17.3 Å². The second kappa shape index (κ2) is 4.12. The molecule has 1 aromatic rings. The van der Waals surface area contributed by atoms with E-state index in [2.05, 4.69) is 9.88 Å². The Morgan fingerprint density at radius 2 is 2.50 bits per heavy atom. The van der Waals surface area contributed by atoms with Crippen LogP contribution in [-0.4, -0.2) is 44.8 Å². The summed E-state index contributed by atoms with van der Waals surface area (Å²) in [7, 11) is 0. The summed E-state index contributed by atoms with van der Waals surface area (Å²) in [5.41, 5.74) is 0.145. The van der Waals surface area contributed by atoms with E-state index in [1.165, 1.54) is 0 Å². The second-order valence-corrected chi connectivity index (χ2v) is 5.26. The van der Waals surface area contributed by atoms with Crippen LogP contribution in [0.25, 0.3) is 0 Å². The van der Waals surface area contributed by atoms with Gasteiger partial charge in [-0.05, 0) is 13.3 Å². The second-order valence-electron chi connectivity index (χ2n) is 4.41. The lowest BCUT2D eigenvalue weighted by Gasteiger charge is -2.17. The highest BCUT2D eigenvalue weighted by molar-refractivity contribution is 7.11. The molecule has 1 aromatic heterocycles. The molecule has 2 N–H and O–H groups in total. The van der Waals surface area contributed by atoms with E-state index >= 15 is 0 Å². The molecule has 1 fully saturated rings. The van der Waals surface area contributed by atoms with E-state index in [1.54, 1.807) is 5.38 Å². The van der Waals surface area contributed by atoms with Gasteiger partial charge in [0.05, 0.1) is 11.3 Å². The Balaban J connectivity index is 1.97. The molecule has 1 aliphatic heterocycles. The molecule has 5 nitrogen and oxygen atoms in total. The van der Waals surface area contributed by atoms with Gasteiger partial charge in [-0.25, -0.2) is 9.78 Å². The maximum absolute atomic E-state index is 10.6. The van der Waals surface area contributed by atoms with Crippen LogP contribution < -0.4 is 0 Å². The molecule has 1 unspecified atom stereocenters. The third-order valence-electron chi connectivity index (χ3n) is 2.65. The van der Waals surface area contributed by atoms with Crippen LogP contribution in [0.15, 0.2) is 5.38 Å². The Morgan fingerprint density at radius 3 is 3.00 bits per heavy atom. The number of carboxylic acid groups (broad SMARTS) is 1. The average molecular weight is 242 g/mol. The van der Waals surface area contributed by atoms with E-state index in [9.17, 15) is 9.90 Å². The van der Waals surface area contributed by atoms with Gasteiger partial charge >= 0.3 is 5.97 Å². The molecule has 1 saturated heterocycles. The van der Waals surface area contributed by atoms with Gasteiger partial charge in [-0.1, -0.05) is 0 Å². The van der Waals surface area contributed by atoms with Gasteiger partial charge in [-0.15, -0.1) is 11.3 Å². The third-order valence-corrected chi connectivity index (χ3v) is 3.53. The number of carbonyl (C=O) groups is 1. The van der Waals surface area contributed by atoms with Crippen molar-refractivity contribution in [2.45, 2.75) is 25.5 Å². The van der Waals surface area contributed by atoms with Gasteiger partial charge in [-0.2, -0.15) is 0 Å². The molecule has 0 aliphatic carbocycles. The van der Waals surface area contributed by atoms with Crippen molar-refractivity contribution < 1.29 is 15.0 Å². The summed E-state index contributed by atoms with van der Waals surface area (Å²) < 4.78 is 0. The molecule has 1 atom stereocenters. The van der Waals surface area contributed by atoms with Gasteiger partial charge in [-0.3, -0.25) is 4.90 Å². The topological polar surface area (TPSA) is 73.7 Å². The van der Waals surface area contributed by atoms with Gasteiger partial charge in [0, 0.05) is 25.0 Å². The van der Waals surface area contributed by atoms with E-state index < -0.39 is 11.6 Å². The maximum Gasteiger partial charge on any atom is 0.365 e. The number of β-amino-alcohol motifs (C(OH)–C–C–N with tert-alkyl or cyclic N) is 1. The number of aliphatic hydroxyl groups is 1. The Labute approximate surface area is 97.4 Å². The summed E-state index contributed by atoms with van der Waals surface area (Å²) in [5, 5.41) is 20.4. The van der Waals surface area contributed by atoms with Crippen LogP contribution in [0, 0.1) is 0 Å². The Bertz CT molecular complexity index is 403. The van der Waals surface area contributed by atoms with Crippen molar-refractivity contribution in [1.82, 2.24) is 9.88 Å². The zero-order chi connectivity index (χ0) is 11.8. The molecular weight excluding hydrogens is 228 g/mol. The van der Waals surface area contributed by atoms with Crippen LogP contribution in [0.5, 0.6) is 0 Å². The molecule has 6 heteroatoms. The zero-order valence-corrected chi connectivity index (χ0v) is 9.83. The van der Waals surface area contributed by atoms with Crippen LogP contribution >= 0.6 is 11.3 Å². The molecular formula is C10H14N2O3S. The van der Waals surface area contributed by atoms with Gasteiger partial charge in [0.25, 0.3) is 0 Å². The number of hydrogen-bond donors (Lipinski definition) is 2. The van der Waals surface area contributed by atoms with Crippen LogP contribution in [0.2, 0.25) is 0 Å². The van der Waals surface area contributed by atoms with E-state index in [0.29, 0.717) is 13.1 Å². The maximum atomic E-state index is 10.6. The van der Waals surface area contributed by atoms with E-state index in [-0.39, 0.29) is 5.01 Å². The fourth-order valence-corrected chi connectivity index (χ4v) is 2.53. The highest BCUT2D eigenvalue weighted by Gasteiger charge is 2.31. The van der Waals surface area contributed by atoms with Gasteiger partial charge < -0.3 is 10.2 Å². The summed E-state index contributed by atoms with van der Waals surface area (Å²) in [6.45, 7) is 3.87. The molecule has 0 spiro atoms. The number of carboxylic acids is 1. The summed E-state index contributed by atoms with van der Waals surface area (Å²) in [4.78, 5) is 16.7. The normalized spacial score (nSPS) is 26.1. The first-order chi connectivity index (χ1) is 7.46. The Hall–Kier alpha value is -0.980. The Morgan fingerprint density at radius 1 is 1.75 bits per heavy atom. The largest absolute Gasteiger partial charge is 0.476 e. The zero-order valence-electron chi connectivity index (χ0n) is 9.01. The molecule has 0 saturated carbocycles. The van der Waals surface area contributed by atoms with Crippen LogP contribution in [0.4, 0.5) is 0 Å². The number of aromatic nitrogens is 1. The minimum atomic E-state index is -0.982. The molecule has 1 aliphatic rings. The minimum absolute atomic E-state index is 0.126. The molecule has 88 valence electrons. The van der Waals surface area contributed by atoms with E-state index in [1.807, 2.05) is 6.92 Å². The third kappa shape index (κ3) is 2.58. The number of nitrogens with zero attached hydrogens (tertiary/aromatic N) is 2. The van der Waals surface area contributed by atoms with Crippen molar-refractivity contribution in [2.24, 2.45) is 0 Å². The average Bonchev–Trinajstić information content (AvgIpc) is 2.73. The van der Waals surface area contributed by atoms with Crippen LogP contribution in [0.3, 0.4) is 0 Å². The van der Waals surface area contributed by atoms with Crippen molar-refractivity contribution in [1.29, 1.82) is 0 Å². The van der Waals surface area contributed by atoms with Gasteiger partial charge in [0.1, 0.15) is 0 Å². The van der Waals surface area contributed by atoms with Gasteiger partial charge in [0.2, 0.25) is 5.01 Å². The number of hydrogen-bond acceptors (Lipinski definition) is 5. The fourth-order valence-electron chi connectivity index (χ4n) is 1.88. The minimum Gasteiger partial charge on any atom is -0.476 e. The van der Waals surface area contributed by atoms with E-state index in [4.69, 9.17) is 5.11 Å². The smallest absolute Gasteiger partial charge is 0.365 e. The molecule has 0 radical (unpaired) electrons. The standard InChI is InChI=1S/C10H14N2O3S/c1-10(15)2-3-12(6-10)4-7-5-16-8(11-7)9(13)14/h5,15H,2-4,6H2,1H3,(H,13,14). The quantitative estimate of drug-likeness (QED) is 0.820. The highest BCUT2D eigenvalue weighted by atomic mass is 32.1.